The standard InChI is InChI=1S/C17H15N3O/c18-15-8-4-2-6-13(15)11-20-17(21)16-14-7-3-1-5-12(14)9-10-19-16/h1-10H,11,18H2,(H,20,21). The van der Waals surface area contributed by atoms with Crippen LogP contribution < -0.4 is 11.1 Å². The summed E-state index contributed by atoms with van der Waals surface area (Å²) in [4.78, 5) is 16.5. The number of fused-ring (bicyclic) bond motifs is 1. The fourth-order valence-electron chi connectivity index (χ4n) is 2.25. The minimum absolute atomic E-state index is 0.199. The van der Waals surface area contributed by atoms with Gasteiger partial charge in [-0.1, -0.05) is 42.5 Å². The molecule has 3 N–H and O–H groups in total. The van der Waals surface area contributed by atoms with Crippen LogP contribution in [0.4, 0.5) is 5.69 Å². The van der Waals surface area contributed by atoms with Gasteiger partial charge in [-0.05, 0) is 23.1 Å². The molecule has 1 amide bonds. The average molecular weight is 277 g/mol. The van der Waals surface area contributed by atoms with Crippen LogP contribution in [-0.2, 0) is 6.54 Å². The van der Waals surface area contributed by atoms with Crippen molar-refractivity contribution in [2.24, 2.45) is 0 Å². The third-order valence-electron chi connectivity index (χ3n) is 3.38. The Balaban J connectivity index is 1.83. The molecule has 0 aliphatic rings. The van der Waals surface area contributed by atoms with Crippen molar-refractivity contribution in [1.82, 2.24) is 10.3 Å². The summed E-state index contributed by atoms with van der Waals surface area (Å²) in [5.41, 5.74) is 7.87. The highest BCUT2D eigenvalue weighted by molar-refractivity contribution is 6.05. The van der Waals surface area contributed by atoms with Crippen LogP contribution in [0.5, 0.6) is 0 Å². The summed E-state index contributed by atoms with van der Waals surface area (Å²) in [6.07, 6.45) is 1.65. The first-order chi connectivity index (χ1) is 10.3. The summed E-state index contributed by atoms with van der Waals surface area (Å²) in [5, 5.41) is 4.71. The van der Waals surface area contributed by atoms with Crippen LogP contribution in [0.2, 0.25) is 0 Å². The molecule has 1 heterocycles. The van der Waals surface area contributed by atoms with E-state index in [0.717, 1.165) is 16.3 Å². The van der Waals surface area contributed by atoms with Crippen molar-refractivity contribution in [3.05, 3.63) is 72.1 Å². The van der Waals surface area contributed by atoms with Crippen molar-refractivity contribution in [2.45, 2.75) is 6.54 Å². The van der Waals surface area contributed by atoms with Crippen LogP contribution in [0.1, 0.15) is 16.1 Å². The maximum atomic E-state index is 12.3. The molecule has 0 aliphatic heterocycles. The number of nitrogens with one attached hydrogen (secondary N) is 1. The molecule has 4 nitrogen and oxygen atoms in total. The Morgan fingerprint density at radius 1 is 1.05 bits per heavy atom. The van der Waals surface area contributed by atoms with Gasteiger partial charge in [-0.15, -0.1) is 0 Å². The monoisotopic (exact) mass is 277 g/mol. The molecule has 0 bridgehead atoms. The first-order valence-electron chi connectivity index (χ1n) is 6.71. The molecule has 0 saturated carbocycles. The molecule has 1 aromatic heterocycles. The lowest BCUT2D eigenvalue weighted by atomic mass is 10.1. The number of amides is 1. The minimum atomic E-state index is -0.199. The summed E-state index contributed by atoms with van der Waals surface area (Å²) in [6, 6.07) is 17.1. The quantitative estimate of drug-likeness (QED) is 0.723. The van der Waals surface area contributed by atoms with Crippen LogP contribution in [-0.4, -0.2) is 10.9 Å². The average Bonchev–Trinajstić information content (AvgIpc) is 2.53. The number of pyridine rings is 1. The zero-order chi connectivity index (χ0) is 14.7. The highest BCUT2D eigenvalue weighted by atomic mass is 16.1. The zero-order valence-corrected chi connectivity index (χ0v) is 11.4. The zero-order valence-electron chi connectivity index (χ0n) is 11.4. The van der Waals surface area contributed by atoms with Gasteiger partial charge in [0, 0.05) is 23.8 Å². The number of benzene rings is 2. The SMILES string of the molecule is Nc1ccccc1CNC(=O)c1nccc2ccccc12. The summed E-state index contributed by atoms with van der Waals surface area (Å²) < 4.78 is 0. The van der Waals surface area contributed by atoms with Gasteiger partial charge in [-0.3, -0.25) is 9.78 Å². The second-order valence-electron chi connectivity index (χ2n) is 4.76. The third-order valence-corrected chi connectivity index (χ3v) is 3.38. The lowest BCUT2D eigenvalue weighted by molar-refractivity contribution is 0.0948. The number of nitrogens with two attached hydrogens (primary N) is 1. The first-order valence-corrected chi connectivity index (χ1v) is 6.71. The van der Waals surface area contributed by atoms with Crippen LogP contribution in [0.15, 0.2) is 60.8 Å². The Morgan fingerprint density at radius 2 is 1.81 bits per heavy atom. The van der Waals surface area contributed by atoms with Gasteiger partial charge in [0.05, 0.1) is 0 Å². The predicted octanol–water partition coefficient (Wildman–Crippen LogP) is 2.75. The molecule has 0 fully saturated rings. The number of nitrogen functional groups attached to an aromatic ring is 1. The van der Waals surface area contributed by atoms with Gasteiger partial charge >= 0.3 is 0 Å². The molecule has 21 heavy (non-hydrogen) atoms. The Labute approximate surface area is 122 Å². The number of carbonyl (C=O) groups excluding carboxylic acids is 1. The number of para-hydroxylation sites is 1. The molecule has 4 heteroatoms. The summed E-state index contributed by atoms with van der Waals surface area (Å²) >= 11 is 0. The lowest BCUT2D eigenvalue weighted by Crippen LogP contribution is -2.24. The molecule has 0 spiro atoms. The molecule has 2 aromatic carbocycles. The van der Waals surface area contributed by atoms with Gasteiger partial charge in [0.15, 0.2) is 0 Å². The van der Waals surface area contributed by atoms with Crippen molar-refractivity contribution in [1.29, 1.82) is 0 Å². The number of anilines is 1. The molecule has 3 aromatic rings. The fourth-order valence-corrected chi connectivity index (χ4v) is 2.25. The van der Waals surface area contributed by atoms with Crippen molar-refractivity contribution in [3.63, 3.8) is 0 Å². The molecular formula is C17H15N3O. The highest BCUT2D eigenvalue weighted by Gasteiger charge is 2.11. The maximum Gasteiger partial charge on any atom is 0.270 e. The summed E-state index contributed by atoms with van der Waals surface area (Å²) in [6.45, 7) is 0.385. The van der Waals surface area contributed by atoms with Crippen molar-refractivity contribution >= 4 is 22.4 Å². The second kappa shape index (κ2) is 5.63. The van der Waals surface area contributed by atoms with E-state index in [9.17, 15) is 4.79 Å². The van der Waals surface area contributed by atoms with E-state index in [1.54, 1.807) is 6.20 Å². The number of hydrogen-bond acceptors (Lipinski definition) is 3. The predicted molar refractivity (Wildman–Crippen MR) is 83.8 cm³/mol. The van der Waals surface area contributed by atoms with Gasteiger partial charge in [0.2, 0.25) is 0 Å². The molecule has 0 atom stereocenters. The van der Waals surface area contributed by atoms with Crippen molar-refractivity contribution < 1.29 is 4.79 Å². The number of nitrogens with zero attached hydrogens (tertiary/aromatic N) is 1. The minimum Gasteiger partial charge on any atom is -0.398 e. The van der Waals surface area contributed by atoms with Gasteiger partial charge in [-0.25, -0.2) is 0 Å². The van der Waals surface area contributed by atoms with E-state index in [0.29, 0.717) is 17.9 Å². The molecule has 0 aliphatic carbocycles. The van der Waals surface area contributed by atoms with E-state index in [1.165, 1.54) is 0 Å². The summed E-state index contributed by atoms with van der Waals surface area (Å²) in [5.74, 6) is -0.199. The van der Waals surface area contributed by atoms with Crippen LogP contribution in [0.25, 0.3) is 10.8 Å². The second-order valence-corrected chi connectivity index (χ2v) is 4.76. The molecule has 0 radical (unpaired) electrons. The number of aromatic nitrogens is 1. The largest absolute Gasteiger partial charge is 0.398 e. The van der Waals surface area contributed by atoms with E-state index in [-0.39, 0.29) is 5.91 Å². The topological polar surface area (TPSA) is 68.0 Å². The van der Waals surface area contributed by atoms with Gasteiger partial charge in [0.25, 0.3) is 5.91 Å². The van der Waals surface area contributed by atoms with E-state index in [4.69, 9.17) is 5.73 Å². The summed E-state index contributed by atoms with van der Waals surface area (Å²) in [7, 11) is 0. The molecule has 104 valence electrons. The van der Waals surface area contributed by atoms with Crippen molar-refractivity contribution in [3.8, 4) is 0 Å². The number of hydrogen-bond donors (Lipinski definition) is 2. The Bertz CT molecular complexity index is 793. The van der Waals surface area contributed by atoms with Crippen LogP contribution in [0, 0.1) is 0 Å². The Hall–Kier alpha value is -2.88. The number of rotatable bonds is 3. The van der Waals surface area contributed by atoms with Gasteiger partial charge in [0.1, 0.15) is 5.69 Å². The van der Waals surface area contributed by atoms with E-state index in [2.05, 4.69) is 10.3 Å². The van der Waals surface area contributed by atoms with Crippen molar-refractivity contribution in [2.75, 3.05) is 5.73 Å². The normalized spacial score (nSPS) is 10.5. The lowest BCUT2D eigenvalue weighted by Gasteiger charge is -2.08. The third kappa shape index (κ3) is 2.69. The molecule has 3 rings (SSSR count). The molecule has 0 saturated heterocycles. The smallest absolute Gasteiger partial charge is 0.270 e. The molecular weight excluding hydrogens is 262 g/mol. The Morgan fingerprint density at radius 3 is 2.67 bits per heavy atom. The van der Waals surface area contributed by atoms with Crippen LogP contribution in [0.3, 0.4) is 0 Å². The fraction of sp³-hybridized carbons (Fsp3) is 0.0588. The first kappa shape index (κ1) is 13.1. The Kier molecular flexibility index (Phi) is 3.51. The number of carbonyl (C=O) groups is 1. The van der Waals surface area contributed by atoms with E-state index >= 15 is 0 Å². The van der Waals surface area contributed by atoms with Crippen LogP contribution >= 0.6 is 0 Å². The van der Waals surface area contributed by atoms with Gasteiger partial charge < -0.3 is 11.1 Å². The van der Waals surface area contributed by atoms with E-state index in [1.807, 2.05) is 54.6 Å². The maximum absolute atomic E-state index is 12.3. The van der Waals surface area contributed by atoms with Gasteiger partial charge in [-0.2, -0.15) is 0 Å². The van der Waals surface area contributed by atoms with E-state index < -0.39 is 0 Å². The highest BCUT2D eigenvalue weighted by Crippen LogP contribution is 2.16. The molecule has 0 unspecified atom stereocenters.